The molecule has 2 fully saturated rings. The number of hydrogen-bond donors (Lipinski definition) is 0. The van der Waals surface area contributed by atoms with Crippen LogP contribution in [0.2, 0.25) is 0 Å². The van der Waals surface area contributed by atoms with E-state index in [-0.39, 0.29) is 17.6 Å². The number of nitrogens with zero attached hydrogens (tertiary/aromatic N) is 1. The third-order valence-corrected chi connectivity index (χ3v) is 6.36. The summed E-state index contributed by atoms with van der Waals surface area (Å²) in [5, 5.41) is 2.21. The van der Waals surface area contributed by atoms with Crippen LogP contribution in [0.15, 0.2) is 17.5 Å². The molecule has 4 heteroatoms. The van der Waals surface area contributed by atoms with Gasteiger partial charge in [-0.25, -0.2) is 0 Å². The summed E-state index contributed by atoms with van der Waals surface area (Å²) in [4.78, 5) is 15.7. The van der Waals surface area contributed by atoms with Gasteiger partial charge in [0.15, 0.2) is 0 Å². The van der Waals surface area contributed by atoms with Crippen LogP contribution >= 0.6 is 11.3 Å². The largest absolute Gasteiger partial charge is 0.462 e. The van der Waals surface area contributed by atoms with Crippen LogP contribution < -0.4 is 0 Å². The number of esters is 1. The van der Waals surface area contributed by atoms with Gasteiger partial charge in [0.1, 0.15) is 6.10 Å². The average molecular weight is 321 g/mol. The number of thiophene rings is 1. The Bertz CT molecular complexity index is 471. The van der Waals surface area contributed by atoms with Crippen molar-refractivity contribution in [1.82, 2.24) is 4.90 Å². The fourth-order valence-electron chi connectivity index (χ4n) is 4.07. The van der Waals surface area contributed by atoms with Gasteiger partial charge in [-0.1, -0.05) is 32.3 Å². The van der Waals surface area contributed by atoms with Gasteiger partial charge in [0.05, 0.1) is 5.54 Å². The molecule has 0 spiro atoms. The molecule has 1 aromatic rings. The third kappa shape index (κ3) is 3.23. The SMILES string of the molecule is CCC(=O)OC1CCN(C2(c3cccs3)CCCCC2)CC1. The molecule has 1 saturated heterocycles. The quantitative estimate of drug-likeness (QED) is 0.773. The maximum Gasteiger partial charge on any atom is 0.305 e. The number of carbonyl (C=O) groups is 1. The van der Waals surface area contributed by atoms with Crippen LogP contribution in [0.3, 0.4) is 0 Å². The molecule has 0 atom stereocenters. The smallest absolute Gasteiger partial charge is 0.305 e. The van der Waals surface area contributed by atoms with Gasteiger partial charge >= 0.3 is 5.97 Å². The Balaban J connectivity index is 1.68. The summed E-state index contributed by atoms with van der Waals surface area (Å²) in [6.45, 7) is 3.98. The first kappa shape index (κ1) is 16.0. The minimum atomic E-state index is -0.0518. The molecule has 2 heterocycles. The van der Waals surface area contributed by atoms with E-state index >= 15 is 0 Å². The van der Waals surface area contributed by atoms with E-state index in [2.05, 4.69) is 22.4 Å². The Morgan fingerprint density at radius 2 is 2.05 bits per heavy atom. The molecular weight excluding hydrogens is 294 g/mol. The van der Waals surface area contributed by atoms with E-state index in [9.17, 15) is 4.79 Å². The number of rotatable bonds is 4. The van der Waals surface area contributed by atoms with E-state index in [1.165, 1.54) is 37.0 Å². The van der Waals surface area contributed by atoms with E-state index < -0.39 is 0 Å². The summed E-state index contributed by atoms with van der Waals surface area (Å²) < 4.78 is 5.54. The summed E-state index contributed by atoms with van der Waals surface area (Å²) in [5.74, 6) is -0.0518. The van der Waals surface area contributed by atoms with E-state index in [0.29, 0.717) is 6.42 Å². The van der Waals surface area contributed by atoms with Crippen LogP contribution in [0.5, 0.6) is 0 Å². The first-order chi connectivity index (χ1) is 10.7. The fraction of sp³-hybridized carbons (Fsp3) is 0.722. The van der Waals surface area contributed by atoms with Gasteiger partial charge in [0.25, 0.3) is 0 Å². The van der Waals surface area contributed by atoms with Gasteiger partial charge in [0, 0.05) is 24.4 Å². The van der Waals surface area contributed by atoms with Gasteiger partial charge in [0.2, 0.25) is 0 Å². The van der Waals surface area contributed by atoms with Crippen LogP contribution in [0.25, 0.3) is 0 Å². The molecule has 3 nitrogen and oxygen atoms in total. The highest BCUT2D eigenvalue weighted by atomic mass is 32.1. The Labute approximate surface area is 137 Å². The molecule has 3 rings (SSSR count). The van der Waals surface area contributed by atoms with Crippen molar-refractivity contribution in [2.24, 2.45) is 0 Å². The topological polar surface area (TPSA) is 29.5 Å². The van der Waals surface area contributed by atoms with Crippen LogP contribution in [0.4, 0.5) is 0 Å². The highest BCUT2D eigenvalue weighted by Crippen LogP contribution is 2.45. The Hall–Kier alpha value is -0.870. The maximum atomic E-state index is 11.5. The van der Waals surface area contributed by atoms with E-state index in [1.54, 1.807) is 0 Å². The molecule has 1 aliphatic heterocycles. The molecule has 1 saturated carbocycles. The Kier molecular flexibility index (Phi) is 5.19. The number of hydrogen-bond acceptors (Lipinski definition) is 4. The zero-order valence-corrected chi connectivity index (χ0v) is 14.4. The zero-order valence-electron chi connectivity index (χ0n) is 13.6. The monoisotopic (exact) mass is 321 g/mol. The molecule has 0 amide bonds. The van der Waals surface area contributed by atoms with Gasteiger partial charge in [-0.3, -0.25) is 9.69 Å². The lowest BCUT2D eigenvalue weighted by molar-refractivity contribution is -0.151. The van der Waals surface area contributed by atoms with Crippen molar-refractivity contribution in [3.8, 4) is 0 Å². The number of piperidine rings is 1. The second kappa shape index (κ2) is 7.14. The molecule has 0 aromatic carbocycles. The highest BCUT2D eigenvalue weighted by molar-refractivity contribution is 7.10. The molecule has 0 N–H and O–H groups in total. The number of ether oxygens (including phenoxy) is 1. The first-order valence-corrected chi connectivity index (χ1v) is 9.61. The fourth-order valence-corrected chi connectivity index (χ4v) is 5.08. The number of carbonyl (C=O) groups excluding carboxylic acids is 1. The summed E-state index contributed by atoms with van der Waals surface area (Å²) in [6, 6.07) is 4.51. The van der Waals surface area contributed by atoms with Gasteiger partial charge in [-0.05, 0) is 37.1 Å². The highest BCUT2D eigenvalue weighted by Gasteiger charge is 2.41. The van der Waals surface area contributed by atoms with Crippen molar-refractivity contribution in [3.05, 3.63) is 22.4 Å². The summed E-state index contributed by atoms with van der Waals surface area (Å²) in [7, 11) is 0. The maximum absolute atomic E-state index is 11.5. The Morgan fingerprint density at radius 1 is 1.32 bits per heavy atom. The summed E-state index contributed by atoms with van der Waals surface area (Å²) in [6.07, 6.45) is 9.20. The predicted molar refractivity (Wildman–Crippen MR) is 90.1 cm³/mol. The molecule has 22 heavy (non-hydrogen) atoms. The van der Waals surface area contributed by atoms with Gasteiger partial charge in [-0.2, -0.15) is 0 Å². The normalized spacial score (nSPS) is 23.3. The minimum absolute atomic E-state index is 0.0518. The van der Waals surface area contributed by atoms with Crippen LogP contribution in [0, 0.1) is 0 Å². The lowest BCUT2D eigenvalue weighted by Crippen LogP contribution is -2.51. The Morgan fingerprint density at radius 3 is 2.64 bits per heavy atom. The van der Waals surface area contributed by atoms with Crippen molar-refractivity contribution in [2.75, 3.05) is 13.1 Å². The van der Waals surface area contributed by atoms with Crippen molar-refractivity contribution in [2.45, 2.75) is 69.9 Å². The lowest BCUT2D eigenvalue weighted by Gasteiger charge is -2.48. The van der Waals surface area contributed by atoms with Crippen molar-refractivity contribution < 1.29 is 9.53 Å². The standard InChI is InChI=1S/C18H27NO2S/c1-2-17(20)21-15-8-12-19(13-9-15)18(10-4-3-5-11-18)16-7-6-14-22-16/h6-7,14-15H,2-5,8-13H2,1H3. The van der Waals surface area contributed by atoms with Gasteiger partial charge < -0.3 is 4.74 Å². The van der Waals surface area contributed by atoms with Crippen molar-refractivity contribution in [1.29, 1.82) is 0 Å². The summed E-state index contributed by atoms with van der Waals surface area (Å²) >= 11 is 1.91. The van der Waals surface area contributed by atoms with E-state index in [1.807, 2.05) is 18.3 Å². The molecular formula is C18H27NO2S. The zero-order chi connectivity index (χ0) is 15.4. The molecule has 1 aliphatic carbocycles. The van der Waals surface area contributed by atoms with Crippen LogP contribution in [-0.4, -0.2) is 30.1 Å². The second-order valence-corrected chi connectivity index (χ2v) is 7.55. The van der Waals surface area contributed by atoms with E-state index in [4.69, 9.17) is 4.74 Å². The molecule has 0 bridgehead atoms. The van der Waals surface area contributed by atoms with Gasteiger partial charge in [-0.15, -0.1) is 11.3 Å². The average Bonchev–Trinajstić information content (AvgIpc) is 3.11. The third-order valence-electron chi connectivity index (χ3n) is 5.29. The predicted octanol–water partition coefficient (Wildman–Crippen LogP) is 4.33. The second-order valence-electron chi connectivity index (χ2n) is 6.60. The van der Waals surface area contributed by atoms with E-state index in [0.717, 1.165) is 25.9 Å². The molecule has 122 valence electrons. The molecule has 2 aliphatic rings. The van der Waals surface area contributed by atoms with Crippen LogP contribution in [0.1, 0.15) is 63.2 Å². The molecule has 0 radical (unpaired) electrons. The lowest BCUT2D eigenvalue weighted by atomic mass is 9.78. The van der Waals surface area contributed by atoms with Crippen molar-refractivity contribution >= 4 is 17.3 Å². The molecule has 0 unspecified atom stereocenters. The minimum Gasteiger partial charge on any atom is -0.462 e. The number of likely N-dealkylation sites (tertiary alicyclic amines) is 1. The summed E-state index contributed by atoms with van der Waals surface area (Å²) in [5.41, 5.74) is 0.256. The van der Waals surface area contributed by atoms with Crippen LogP contribution in [-0.2, 0) is 15.1 Å². The van der Waals surface area contributed by atoms with Crippen molar-refractivity contribution in [3.63, 3.8) is 0 Å². The molecule has 1 aromatic heterocycles. The first-order valence-electron chi connectivity index (χ1n) is 8.73.